The van der Waals surface area contributed by atoms with Gasteiger partial charge < -0.3 is 10.2 Å². The summed E-state index contributed by atoms with van der Waals surface area (Å²) in [6.07, 6.45) is 3.63. The van der Waals surface area contributed by atoms with Crippen molar-refractivity contribution in [3.63, 3.8) is 0 Å². The summed E-state index contributed by atoms with van der Waals surface area (Å²) in [4.78, 5) is 12.3. The van der Waals surface area contributed by atoms with E-state index in [0.717, 1.165) is 24.8 Å². The number of Topliss-reactive ketones (excluding diaryl/α,β-unsaturated/α-hetero) is 1. The second kappa shape index (κ2) is 4.40. The Labute approximate surface area is 125 Å². The van der Waals surface area contributed by atoms with Crippen molar-refractivity contribution in [3.8, 4) is 0 Å². The lowest BCUT2D eigenvalue weighted by Crippen LogP contribution is -2.36. The molecule has 3 aliphatic carbocycles. The lowest BCUT2D eigenvalue weighted by atomic mass is 9.63. The Balaban J connectivity index is 1.87. The molecule has 4 atom stereocenters. The zero-order chi connectivity index (χ0) is 14.8. The molecular weight excluding hydrogens is 264 g/mol. The van der Waals surface area contributed by atoms with Crippen LogP contribution >= 0.6 is 0 Å². The minimum Gasteiger partial charge on any atom is -0.393 e. The van der Waals surface area contributed by atoms with E-state index in [1.807, 2.05) is 6.92 Å². The second-order valence-corrected chi connectivity index (χ2v) is 7.25. The fraction of sp³-hybridized carbons (Fsp3) is 0.611. The summed E-state index contributed by atoms with van der Waals surface area (Å²) in [7, 11) is 0. The first-order valence-electron chi connectivity index (χ1n) is 8.04. The van der Waals surface area contributed by atoms with E-state index >= 15 is 0 Å². The maximum atomic E-state index is 12.3. The smallest absolute Gasteiger partial charge is 0.139 e. The summed E-state index contributed by atoms with van der Waals surface area (Å²) in [5, 5.41) is 20.5. The SMILES string of the molecule is C[C@]12C[C@@H](O)c3c(ccc4c3CC[C@H](O)C4)[C@H]1CCC2=O. The third kappa shape index (κ3) is 1.77. The van der Waals surface area contributed by atoms with Crippen LogP contribution in [0.1, 0.15) is 66.9 Å². The van der Waals surface area contributed by atoms with Crippen molar-refractivity contribution in [1.29, 1.82) is 0 Å². The van der Waals surface area contributed by atoms with Gasteiger partial charge in [0.05, 0.1) is 12.2 Å². The maximum absolute atomic E-state index is 12.3. The number of carbonyl (C=O) groups excluding carboxylic acids is 1. The first kappa shape index (κ1) is 13.5. The molecule has 0 amide bonds. The van der Waals surface area contributed by atoms with Crippen LogP contribution in [0.5, 0.6) is 0 Å². The highest BCUT2D eigenvalue weighted by Crippen LogP contribution is 2.57. The number of fused-ring (bicyclic) bond motifs is 5. The average molecular weight is 286 g/mol. The number of carbonyl (C=O) groups is 1. The van der Waals surface area contributed by atoms with Gasteiger partial charge >= 0.3 is 0 Å². The number of benzene rings is 1. The van der Waals surface area contributed by atoms with Gasteiger partial charge in [0, 0.05) is 11.8 Å². The van der Waals surface area contributed by atoms with Gasteiger partial charge in [-0.1, -0.05) is 19.1 Å². The van der Waals surface area contributed by atoms with Crippen LogP contribution in [0.15, 0.2) is 12.1 Å². The standard InChI is InChI=1S/C18H22O3/c1-18-9-15(20)17-12-5-3-11(19)8-10(12)2-4-13(17)14(18)6-7-16(18)21/h2,4,11,14-15,19-20H,3,5-9H2,1H3/t11-,14+,15+,18-/m0/s1. The van der Waals surface area contributed by atoms with Crippen molar-refractivity contribution in [2.24, 2.45) is 5.41 Å². The molecule has 1 saturated carbocycles. The molecule has 0 unspecified atom stereocenters. The lowest BCUT2D eigenvalue weighted by molar-refractivity contribution is -0.127. The Morgan fingerprint density at radius 1 is 1.19 bits per heavy atom. The van der Waals surface area contributed by atoms with Gasteiger partial charge in [0.1, 0.15) is 5.78 Å². The number of aliphatic hydroxyl groups excluding tert-OH is 2. The molecular formula is C18H22O3. The second-order valence-electron chi connectivity index (χ2n) is 7.25. The first-order chi connectivity index (χ1) is 10.0. The van der Waals surface area contributed by atoms with E-state index in [-0.39, 0.29) is 17.4 Å². The van der Waals surface area contributed by atoms with Gasteiger partial charge in [-0.3, -0.25) is 4.79 Å². The minimum absolute atomic E-state index is 0.255. The summed E-state index contributed by atoms with van der Waals surface area (Å²) < 4.78 is 0. The van der Waals surface area contributed by atoms with Gasteiger partial charge in [-0.2, -0.15) is 0 Å². The van der Waals surface area contributed by atoms with Gasteiger partial charge in [-0.05, 0) is 60.3 Å². The topological polar surface area (TPSA) is 57.5 Å². The van der Waals surface area contributed by atoms with Crippen LogP contribution in [0, 0.1) is 5.41 Å². The molecule has 1 fully saturated rings. The van der Waals surface area contributed by atoms with Crippen molar-refractivity contribution in [3.05, 3.63) is 34.4 Å². The van der Waals surface area contributed by atoms with Crippen LogP contribution in [-0.4, -0.2) is 22.1 Å². The van der Waals surface area contributed by atoms with E-state index in [4.69, 9.17) is 0 Å². The molecule has 0 heterocycles. The monoisotopic (exact) mass is 286 g/mol. The van der Waals surface area contributed by atoms with Gasteiger partial charge in [0.2, 0.25) is 0 Å². The molecule has 0 radical (unpaired) electrons. The molecule has 2 N–H and O–H groups in total. The van der Waals surface area contributed by atoms with Crippen molar-refractivity contribution in [2.45, 2.75) is 63.6 Å². The number of hydrogen-bond donors (Lipinski definition) is 2. The Morgan fingerprint density at radius 2 is 2.00 bits per heavy atom. The summed E-state index contributed by atoms with van der Waals surface area (Å²) in [5.74, 6) is 0.575. The third-order valence-corrected chi connectivity index (χ3v) is 6.06. The molecule has 0 spiro atoms. The van der Waals surface area contributed by atoms with Crippen molar-refractivity contribution < 1.29 is 15.0 Å². The predicted molar refractivity (Wildman–Crippen MR) is 79.1 cm³/mol. The predicted octanol–water partition coefficient (Wildman–Crippen LogP) is 2.43. The van der Waals surface area contributed by atoms with Gasteiger partial charge in [0.25, 0.3) is 0 Å². The van der Waals surface area contributed by atoms with Gasteiger partial charge in [0.15, 0.2) is 0 Å². The van der Waals surface area contributed by atoms with Crippen LogP contribution in [0.25, 0.3) is 0 Å². The molecule has 0 saturated heterocycles. The fourth-order valence-corrected chi connectivity index (χ4v) is 4.91. The number of aliphatic hydroxyl groups is 2. The van der Waals surface area contributed by atoms with Crippen molar-refractivity contribution in [1.82, 2.24) is 0 Å². The summed E-state index contributed by atoms with van der Waals surface area (Å²) in [6, 6.07) is 4.22. The van der Waals surface area contributed by atoms with Crippen LogP contribution in [0.3, 0.4) is 0 Å². The van der Waals surface area contributed by atoms with Crippen LogP contribution in [0.4, 0.5) is 0 Å². The first-order valence-corrected chi connectivity index (χ1v) is 8.04. The van der Waals surface area contributed by atoms with Crippen LogP contribution in [0.2, 0.25) is 0 Å². The van der Waals surface area contributed by atoms with E-state index in [2.05, 4.69) is 12.1 Å². The molecule has 4 rings (SSSR count). The Bertz CT molecular complexity index is 621. The molecule has 1 aromatic carbocycles. The third-order valence-electron chi connectivity index (χ3n) is 6.06. The Hall–Kier alpha value is -1.19. The van der Waals surface area contributed by atoms with E-state index in [9.17, 15) is 15.0 Å². The normalized spacial score (nSPS) is 37.9. The van der Waals surface area contributed by atoms with Crippen LogP contribution in [-0.2, 0) is 17.6 Å². The molecule has 21 heavy (non-hydrogen) atoms. The molecule has 0 bridgehead atoms. The number of rotatable bonds is 0. The molecule has 3 heteroatoms. The van der Waals surface area contributed by atoms with Gasteiger partial charge in [-0.15, -0.1) is 0 Å². The van der Waals surface area contributed by atoms with E-state index in [0.29, 0.717) is 25.0 Å². The minimum atomic E-state index is -0.534. The van der Waals surface area contributed by atoms with E-state index in [1.165, 1.54) is 16.7 Å². The molecule has 112 valence electrons. The molecule has 0 aromatic heterocycles. The molecule has 0 aliphatic heterocycles. The summed E-state index contributed by atoms with van der Waals surface area (Å²) >= 11 is 0. The molecule has 3 nitrogen and oxygen atoms in total. The zero-order valence-corrected chi connectivity index (χ0v) is 12.4. The fourth-order valence-electron chi connectivity index (χ4n) is 4.91. The van der Waals surface area contributed by atoms with E-state index < -0.39 is 6.10 Å². The van der Waals surface area contributed by atoms with E-state index in [1.54, 1.807) is 0 Å². The number of hydrogen-bond acceptors (Lipinski definition) is 3. The largest absolute Gasteiger partial charge is 0.393 e. The summed E-state index contributed by atoms with van der Waals surface area (Å²) in [6.45, 7) is 2.03. The van der Waals surface area contributed by atoms with Crippen molar-refractivity contribution >= 4 is 5.78 Å². The maximum Gasteiger partial charge on any atom is 0.139 e. The summed E-state index contributed by atoms with van der Waals surface area (Å²) in [5.41, 5.74) is 4.31. The van der Waals surface area contributed by atoms with Crippen LogP contribution < -0.4 is 0 Å². The Kier molecular flexibility index (Phi) is 2.82. The Morgan fingerprint density at radius 3 is 2.81 bits per heavy atom. The quantitative estimate of drug-likeness (QED) is 0.770. The highest BCUT2D eigenvalue weighted by Gasteiger charge is 2.52. The zero-order valence-electron chi connectivity index (χ0n) is 12.4. The highest BCUT2D eigenvalue weighted by atomic mass is 16.3. The average Bonchev–Trinajstić information content (AvgIpc) is 2.74. The highest BCUT2D eigenvalue weighted by molar-refractivity contribution is 5.88. The van der Waals surface area contributed by atoms with Crippen molar-refractivity contribution in [2.75, 3.05) is 0 Å². The molecule has 3 aliphatic rings. The lowest BCUT2D eigenvalue weighted by Gasteiger charge is -2.41. The number of ketones is 1. The van der Waals surface area contributed by atoms with Gasteiger partial charge in [-0.25, -0.2) is 0 Å². The molecule has 1 aromatic rings.